The van der Waals surface area contributed by atoms with Crippen LogP contribution in [0.4, 0.5) is 0 Å². The van der Waals surface area contributed by atoms with Crippen molar-refractivity contribution in [3.05, 3.63) is 53.6 Å². The molecule has 0 aliphatic heterocycles. The molecule has 2 aromatic rings. The molecule has 0 fully saturated rings. The number of carbonyl (C=O) groups is 1. The molecular weight excluding hydrogens is 318 g/mol. The molecule has 0 bridgehead atoms. The lowest BCUT2D eigenvalue weighted by atomic mass is 10.2. The second-order valence-corrected chi connectivity index (χ2v) is 5.95. The summed E-state index contributed by atoms with van der Waals surface area (Å²) < 4.78 is 16.6. The molecule has 0 heterocycles. The molecular formula is C20H25NO4. The maximum absolute atomic E-state index is 12.2. The molecule has 0 aliphatic carbocycles. The minimum atomic E-state index is -0.178. The van der Waals surface area contributed by atoms with Gasteiger partial charge >= 0.3 is 0 Å². The molecule has 2 rings (SSSR count). The SMILES string of the molecule is COc1cc(C(=O)NCCOc2cccc(C)c2)ccc1OC(C)C. The third-order valence-corrected chi connectivity index (χ3v) is 3.43. The Hall–Kier alpha value is -2.69. The first-order valence-electron chi connectivity index (χ1n) is 8.32. The molecule has 1 amide bonds. The molecule has 0 atom stereocenters. The molecule has 0 spiro atoms. The van der Waals surface area contributed by atoms with E-state index in [9.17, 15) is 4.79 Å². The third kappa shape index (κ3) is 5.71. The van der Waals surface area contributed by atoms with Crippen molar-refractivity contribution in [3.63, 3.8) is 0 Å². The smallest absolute Gasteiger partial charge is 0.251 e. The normalized spacial score (nSPS) is 10.4. The lowest BCUT2D eigenvalue weighted by Crippen LogP contribution is -2.28. The second-order valence-electron chi connectivity index (χ2n) is 5.95. The topological polar surface area (TPSA) is 56.8 Å². The van der Waals surface area contributed by atoms with Gasteiger partial charge in [-0.25, -0.2) is 0 Å². The quantitative estimate of drug-likeness (QED) is 0.744. The molecule has 5 nitrogen and oxygen atoms in total. The summed E-state index contributed by atoms with van der Waals surface area (Å²) in [6, 6.07) is 12.9. The van der Waals surface area contributed by atoms with Gasteiger partial charge in [0.1, 0.15) is 12.4 Å². The van der Waals surface area contributed by atoms with Crippen LogP contribution in [0.3, 0.4) is 0 Å². The Morgan fingerprint density at radius 3 is 2.60 bits per heavy atom. The van der Waals surface area contributed by atoms with Gasteiger partial charge in [-0.2, -0.15) is 0 Å². The first-order chi connectivity index (χ1) is 12.0. The fourth-order valence-electron chi connectivity index (χ4n) is 2.30. The zero-order valence-corrected chi connectivity index (χ0v) is 15.2. The van der Waals surface area contributed by atoms with E-state index in [4.69, 9.17) is 14.2 Å². The first kappa shape index (κ1) is 18.6. The third-order valence-electron chi connectivity index (χ3n) is 3.43. The number of benzene rings is 2. The van der Waals surface area contributed by atoms with Crippen LogP contribution in [0.2, 0.25) is 0 Å². The van der Waals surface area contributed by atoms with Crippen LogP contribution in [0.5, 0.6) is 17.2 Å². The van der Waals surface area contributed by atoms with E-state index in [1.165, 1.54) is 0 Å². The van der Waals surface area contributed by atoms with Crippen molar-refractivity contribution in [1.82, 2.24) is 5.32 Å². The largest absolute Gasteiger partial charge is 0.493 e. The molecule has 0 saturated heterocycles. The van der Waals surface area contributed by atoms with Gasteiger partial charge in [-0.1, -0.05) is 12.1 Å². The van der Waals surface area contributed by atoms with Crippen LogP contribution in [-0.2, 0) is 0 Å². The summed E-state index contributed by atoms with van der Waals surface area (Å²) in [6.07, 6.45) is 0.0346. The van der Waals surface area contributed by atoms with Gasteiger partial charge < -0.3 is 19.5 Å². The van der Waals surface area contributed by atoms with Crippen LogP contribution in [-0.4, -0.2) is 32.3 Å². The number of ether oxygens (including phenoxy) is 3. The molecule has 0 aliphatic rings. The molecule has 1 N–H and O–H groups in total. The molecule has 5 heteroatoms. The molecule has 25 heavy (non-hydrogen) atoms. The first-order valence-corrected chi connectivity index (χ1v) is 8.32. The Kier molecular flexibility index (Phi) is 6.69. The van der Waals surface area contributed by atoms with E-state index >= 15 is 0 Å². The average Bonchev–Trinajstić information content (AvgIpc) is 2.58. The average molecular weight is 343 g/mol. The van der Waals surface area contributed by atoms with E-state index < -0.39 is 0 Å². The monoisotopic (exact) mass is 343 g/mol. The number of carbonyl (C=O) groups excluding carboxylic acids is 1. The number of methoxy groups -OCH3 is 1. The Balaban J connectivity index is 1.88. The molecule has 0 unspecified atom stereocenters. The summed E-state index contributed by atoms with van der Waals surface area (Å²) in [5.41, 5.74) is 1.65. The van der Waals surface area contributed by atoms with E-state index in [1.54, 1.807) is 25.3 Å². The number of aryl methyl sites for hydroxylation is 1. The summed E-state index contributed by atoms with van der Waals surface area (Å²) in [4.78, 5) is 12.2. The van der Waals surface area contributed by atoms with Crippen LogP contribution in [0.1, 0.15) is 29.8 Å². The Morgan fingerprint density at radius 1 is 1.12 bits per heavy atom. The summed E-state index contributed by atoms with van der Waals surface area (Å²) in [7, 11) is 1.56. The molecule has 0 radical (unpaired) electrons. The highest BCUT2D eigenvalue weighted by Gasteiger charge is 2.12. The standard InChI is InChI=1S/C20H25NO4/c1-14(2)25-18-9-8-16(13-19(18)23-4)20(22)21-10-11-24-17-7-5-6-15(3)12-17/h5-9,12-14H,10-11H2,1-4H3,(H,21,22). The van der Waals surface area contributed by atoms with E-state index in [0.717, 1.165) is 11.3 Å². The predicted molar refractivity (Wildman–Crippen MR) is 97.8 cm³/mol. The van der Waals surface area contributed by atoms with Gasteiger partial charge in [0.25, 0.3) is 5.91 Å². The second kappa shape index (κ2) is 8.97. The Labute approximate surface area is 148 Å². The molecule has 134 valence electrons. The van der Waals surface area contributed by atoms with Crippen molar-refractivity contribution >= 4 is 5.91 Å². The van der Waals surface area contributed by atoms with Gasteiger partial charge in [-0.05, 0) is 56.7 Å². The zero-order chi connectivity index (χ0) is 18.2. The van der Waals surface area contributed by atoms with Gasteiger partial charge in [0.15, 0.2) is 11.5 Å². The summed E-state index contributed by atoms with van der Waals surface area (Å²) in [5.74, 6) is 1.78. The maximum atomic E-state index is 12.2. The number of rotatable bonds is 8. The van der Waals surface area contributed by atoms with Crippen LogP contribution < -0.4 is 19.5 Å². The van der Waals surface area contributed by atoms with Crippen molar-refractivity contribution in [2.24, 2.45) is 0 Å². The Morgan fingerprint density at radius 2 is 1.92 bits per heavy atom. The van der Waals surface area contributed by atoms with Crippen LogP contribution in [0.15, 0.2) is 42.5 Å². The number of hydrogen-bond donors (Lipinski definition) is 1. The highest BCUT2D eigenvalue weighted by molar-refractivity contribution is 5.94. The summed E-state index contributed by atoms with van der Waals surface area (Å²) >= 11 is 0. The van der Waals surface area contributed by atoms with Gasteiger partial charge in [0.05, 0.1) is 19.8 Å². The molecule has 2 aromatic carbocycles. The van der Waals surface area contributed by atoms with Crippen LogP contribution in [0, 0.1) is 6.92 Å². The van der Waals surface area contributed by atoms with E-state index in [0.29, 0.717) is 30.2 Å². The van der Waals surface area contributed by atoms with E-state index in [1.807, 2.05) is 45.0 Å². The van der Waals surface area contributed by atoms with Crippen LogP contribution >= 0.6 is 0 Å². The van der Waals surface area contributed by atoms with Crippen molar-refractivity contribution in [3.8, 4) is 17.2 Å². The molecule has 0 aromatic heterocycles. The number of hydrogen-bond acceptors (Lipinski definition) is 4. The van der Waals surface area contributed by atoms with Gasteiger partial charge in [0.2, 0.25) is 0 Å². The highest BCUT2D eigenvalue weighted by Crippen LogP contribution is 2.28. The van der Waals surface area contributed by atoms with Gasteiger partial charge in [0, 0.05) is 5.56 Å². The molecule has 0 saturated carbocycles. The summed E-state index contributed by atoms with van der Waals surface area (Å²) in [5, 5.41) is 2.84. The predicted octanol–water partition coefficient (Wildman–Crippen LogP) is 3.60. The van der Waals surface area contributed by atoms with Crippen molar-refractivity contribution in [2.45, 2.75) is 26.9 Å². The van der Waals surface area contributed by atoms with E-state index in [2.05, 4.69) is 5.32 Å². The fourth-order valence-corrected chi connectivity index (χ4v) is 2.30. The van der Waals surface area contributed by atoms with Crippen molar-refractivity contribution in [1.29, 1.82) is 0 Å². The lowest BCUT2D eigenvalue weighted by Gasteiger charge is -2.14. The van der Waals surface area contributed by atoms with E-state index in [-0.39, 0.29) is 12.0 Å². The zero-order valence-electron chi connectivity index (χ0n) is 15.2. The summed E-state index contributed by atoms with van der Waals surface area (Å²) in [6.45, 7) is 6.71. The fraction of sp³-hybridized carbons (Fsp3) is 0.350. The van der Waals surface area contributed by atoms with Gasteiger partial charge in [-0.15, -0.1) is 0 Å². The highest BCUT2D eigenvalue weighted by atomic mass is 16.5. The van der Waals surface area contributed by atoms with Crippen LogP contribution in [0.25, 0.3) is 0 Å². The van der Waals surface area contributed by atoms with Crippen molar-refractivity contribution in [2.75, 3.05) is 20.3 Å². The minimum Gasteiger partial charge on any atom is -0.493 e. The van der Waals surface area contributed by atoms with Crippen molar-refractivity contribution < 1.29 is 19.0 Å². The number of nitrogens with one attached hydrogen (secondary N) is 1. The Bertz CT molecular complexity index is 713. The number of amides is 1. The maximum Gasteiger partial charge on any atom is 0.251 e. The van der Waals surface area contributed by atoms with Gasteiger partial charge in [-0.3, -0.25) is 4.79 Å². The minimum absolute atomic E-state index is 0.0346. The lowest BCUT2D eigenvalue weighted by molar-refractivity contribution is 0.0946.